The standard InChI is InChI=1S/C5H8ClN3O/c1-4(2-10)9-3-7-5(6)8-9/h3-4,10H,2H2,1H3. The van der Waals surface area contributed by atoms with Crippen LogP contribution in [0.1, 0.15) is 13.0 Å². The Hall–Kier alpha value is -0.610. The number of hydrogen-bond donors (Lipinski definition) is 1. The van der Waals surface area contributed by atoms with Crippen LogP contribution in [0, 0.1) is 0 Å². The third-order valence-electron chi connectivity index (χ3n) is 1.20. The lowest BCUT2D eigenvalue weighted by molar-refractivity contribution is 0.229. The molecule has 1 heterocycles. The number of aromatic nitrogens is 3. The fourth-order valence-electron chi connectivity index (χ4n) is 0.550. The van der Waals surface area contributed by atoms with E-state index >= 15 is 0 Å². The zero-order valence-corrected chi connectivity index (χ0v) is 6.28. The molecule has 0 fully saturated rings. The molecule has 0 spiro atoms. The van der Waals surface area contributed by atoms with Gasteiger partial charge in [0, 0.05) is 0 Å². The Kier molecular flexibility index (Phi) is 2.24. The topological polar surface area (TPSA) is 50.9 Å². The third-order valence-corrected chi connectivity index (χ3v) is 1.37. The predicted octanol–water partition coefficient (Wildman–Crippen LogP) is 0.485. The van der Waals surface area contributed by atoms with E-state index in [1.165, 1.54) is 11.0 Å². The van der Waals surface area contributed by atoms with Gasteiger partial charge in [0.1, 0.15) is 6.33 Å². The molecule has 0 aliphatic carbocycles. The zero-order chi connectivity index (χ0) is 7.56. The lowest BCUT2D eigenvalue weighted by Crippen LogP contribution is -2.09. The SMILES string of the molecule is CC(CO)n1cnc(Cl)n1. The molecule has 1 atom stereocenters. The largest absolute Gasteiger partial charge is 0.394 e. The van der Waals surface area contributed by atoms with Crippen molar-refractivity contribution in [1.29, 1.82) is 0 Å². The fourth-order valence-corrected chi connectivity index (χ4v) is 0.681. The molecular formula is C5H8ClN3O. The molecule has 56 valence electrons. The van der Waals surface area contributed by atoms with Crippen molar-refractivity contribution in [2.45, 2.75) is 13.0 Å². The number of rotatable bonds is 2. The lowest BCUT2D eigenvalue weighted by Gasteiger charge is -2.04. The van der Waals surface area contributed by atoms with Gasteiger partial charge in [-0.05, 0) is 18.5 Å². The quantitative estimate of drug-likeness (QED) is 0.687. The van der Waals surface area contributed by atoms with Crippen molar-refractivity contribution in [3.8, 4) is 0 Å². The zero-order valence-electron chi connectivity index (χ0n) is 5.53. The first kappa shape index (κ1) is 7.50. The summed E-state index contributed by atoms with van der Waals surface area (Å²) in [5, 5.41) is 12.7. The lowest BCUT2D eigenvalue weighted by atomic mass is 10.4. The first-order valence-electron chi connectivity index (χ1n) is 2.91. The van der Waals surface area contributed by atoms with Gasteiger partial charge in [0.15, 0.2) is 0 Å². The number of halogens is 1. The van der Waals surface area contributed by atoms with Crippen LogP contribution in [0.3, 0.4) is 0 Å². The van der Waals surface area contributed by atoms with E-state index in [1.807, 2.05) is 6.92 Å². The Morgan fingerprint density at radius 2 is 2.60 bits per heavy atom. The van der Waals surface area contributed by atoms with Crippen molar-refractivity contribution >= 4 is 11.6 Å². The van der Waals surface area contributed by atoms with Gasteiger partial charge in [-0.15, -0.1) is 5.10 Å². The molecular weight excluding hydrogens is 154 g/mol. The minimum atomic E-state index is -0.0556. The van der Waals surface area contributed by atoms with Crippen molar-refractivity contribution < 1.29 is 5.11 Å². The van der Waals surface area contributed by atoms with Gasteiger partial charge < -0.3 is 5.11 Å². The number of hydrogen-bond acceptors (Lipinski definition) is 3. The van der Waals surface area contributed by atoms with Gasteiger partial charge in [-0.1, -0.05) is 0 Å². The Bertz CT molecular complexity index is 212. The number of aliphatic hydroxyl groups is 1. The summed E-state index contributed by atoms with van der Waals surface area (Å²) in [7, 11) is 0. The maximum atomic E-state index is 8.67. The predicted molar refractivity (Wildman–Crippen MR) is 36.8 cm³/mol. The molecule has 1 aromatic heterocycles. The van der Waals surface area contributed by atoms with Gasteiger partial charge in [0.25, 0.3) is 0 Å². The second-order valence-electron chi connectivity index (χ2n) is 2.03. The Labute approximate surface area is 63.5 Å². The minimum absolute atomic E-state index is 0.0414. The van der Waals surface area contributed by atoms with Gasteiger partial charge >= 0.3 is 0 Å². The Morgan fingerprint density at radius 1 is 1.90 bits per heavy atom. The van der Waals surface area contributed by atoms with E-state index in [1.54, 1.807) is 0 Å². The molecule has 0 radical (unpaired) electrons. The number of nitrogens with zero attached hydrogens (tertiary/aromatic N) is 3. The second-order valence-corrected chi connectivity index (χ2v) is 2.36. The molecule has 4 nitrogen and oxygen atoms in total. The van der Waals surface area contributed by atoms with Crippen LogP contribution in [0.5, 0.6) is 0 Å². The average molecular weight is 162 g/mol. The van der Waals surface area contributed by atoms with Crippen LogP contribution in [0.2, 0.25) is 5.28 Å². The maximum Gasteiger partial charge on any atom is 0.242 e. The van der Waals surface area contributed by atoms with Gasteiger partial charge in [0.2, 0.25) is 5.28 Å². The molecule has 0 saturated heterocycles. The molecule has 0 aromatic carbocycles. The molecule has 1 unspecified atom stereocenters. The van der Waals surface area contributed by atoms with Crippen LogP contribution in [-0.4, -0.2) is 26.5 Å². The monoisotopic (exact) mass is 161 g/mol. The van der Waals surface area contributed by atoms with Crippen LogP contribution in [-0.2, 0) is 0 Å². The van der Waals surface area contributed by atoms with Crippen LogP contribution >= 0.6 is 11.6 Å². The Morgan fingerprint density at radius 3 is 3.00 bits per heavy atom. The Balaban J connectivity index is 2.74. The van der Waals surface area contributed by atoms with E-state index in [-0.39, 0.29) is 17.9 Å². The van der Waals surface area contributed by atoms with Crippen LogP contribution in [0.4, 0.5) is 0 Å². The highest BCUT2D eigenvalue weighted by Crippen LogP contribution is 2.04. The molecule has 5 heteroatoms. The molecule has 0 amide bonds. The van der Waals surface area contributed by atoms with Crippen molar-refractivity contribution in [2.24, 2.45) is 0 Å². The summed E-state index contributed by atoms with van der Waals surface area (Å²) in [4.78, 5) is 3.69. The third kappa shape index (κ3) is 1.46. The van der Waals surface area contributed by atoms with Crippen LogP contribution in [0.15, 0.2) is 6.33 Å². The van der Waals surface area contributed by atoms with E-state index in [2.05, 4.69) is 10.1 Å². The van der Waals surface area contributed by atoms with Crippen LogP contribution in [0.25, 0.3) is 0 Å². The highest BCUT2D eigenvalue weighted by molar-refractivity contribution is 6.28. The van der Waals surface area contributed by atoms with Crippen molar-refractivity contribution in [2.75, 3.05) is 6.61 Å². The van der Waals surface area contributed by atoms with Crippen molar-refractivity contribution in [3.63, 3.8) is 0 Å². The summed E-state index contributed by atoms with van der Waals surface area (Å²) < 4.78 is 1.52. The average Bonchev–Trinajstić information content (AvgIpc) is 2.34. The van der Waals surface area contributed by atoms with E-state index in [0.717, 1.165) is 0 Å². The summed E-state index contributed by atoms with van der Waals surface area (Å²) in [5.41, 5.74) is 0. The summed E-state index contributed by atoms with van der Waals surface area (Å²) in [6.45, 7) is 1.87. The van der Waals surface area contributed by atoms with E-state index in [9.17, 15) is 0 Å². The second kappa shape index (κ2) is 2.98. The highest BCUT2D eigenvalue weighted by Gasteiger charge is 2.03. The molecule has 0 aliphatic heterocycles. The first-order chi connectivity index (χ1) is 4.74. The molecule has 0 aliphatic rings. The summed E-state index contributed by atoms with van der Waals surface area (Å²) >= 11 is 5.44. The molecule has 1 aromatic rings. The molecule has 10 heavy (non-hydrogen) atoms. The fraction of sp³-hybridized carbons (Fsp3) is 0.600. The van der Waals surface area contributed by atoms with E-state index < -0.39 is 0 Å². The van der Waals surface area contributed by atoms with Crippen molar-refractivity contribution in [1.82, 2.24) is 14.8 Å². The van der Waals surface area contributed by atoms with Gasteiger partial charge in [0.05, 0.1) is 12.6 Å². The number of aliphatic hydroxyl groups excluding tert-OH is 1. The molecule has 1 rings (SSSR count). The van der Waals surface area contributed by atoms with E-state index in [4.69, 9.17) is 16.7 Å². The highest BCUT2D eigenvalue weighted by atomic mass is 35.5. The summed E-state index contributed by atoms with van der Waals surface area (Å²) in [6.07, 6.45) is 1.49. The normalized spacial score (nSPS) is 13.5. The van der Waals surface area contributed by atoms with Gasteiger partial charge in [-0.25, -0.2) is 9.67 Å². The van der Waals surface area contributed by atoms with Crippen LogP contribution < -0.4 is 0 Å². The van der Waals surface area contributed by atoms with Gasteiger partial charge in [-0.3, -0.25) is 0 Å². The minimum Gasteiger partial charge on any atom is -0.394 e. The molecule has 0 saturated carbocycles. The summed E-state index contributed by atoms with van der Waals surface area (Å²) in [5.74, 6) is 0. The van der Waals surface area contributed by atoms with E-state index in [0.29, 0.717) is 0 Å². The molecule has 0 bridgehead atoms. The molecule has 1 N–H and O–H groups in total. The first-order valence-corrected chi connectivity index (χ1v) is 3.29. The maximum absolute atomic E-state index is 8.67. The smallest absolute Gasteiger partial charge is 0.242 e. The van der Waals surface area contributed by atoms with Crippen molar-refractivity contribution in [3.05, 3.63) is 11.6 Å². The van der Waals surface area contributed by atoms with Gasteiger partial charge in [-0.2, -0.15) is 0 Å². The summed E-state index contributed by atoms with van der Waals surface area (Å²) in [6, 6.07) is -0.0556.